The number of hydrogen-bond acceptors (Lipinski definition) is 0. The molecule has 0 saturated heterocycles. The van der Waals surface area contributed by atoms with Crippen molar-refractivity contribution in [1.29, 1.82) is 0 Å². The summed E-state index contributed by atoms with van der Waals surface area (Å²) in [6.45, 7) is 0. The van der Waals surface area contributed by atoms with Gasteiger partial charge in [0.05, 0.1) is 0 Å². The Morgan fingerprint density at radius 1 is 1.00 bits per heavy atom. The maximum Gasteiger partial charge on any atom is 0.187 e. The van der Waals surface area contributed by atoms with Crippen molar-refractivity contribution < 1.29 is 87.3 Å². The van der Waals surface area contributed by atoms with Gasteiger partial charge in [0.2, 0.25) is 0 Å². The molecule has 0 aromatic rings. The van der Waals surface area contributed by atoms with Gasteiger partial charge in [-0.15, -0.1) is 0 Å². The molecule has 0 nitrogen and oxygen atoms in total. The van der Waals surface area contributed by atoms with Gasteiger partial charge in [0.25, 0.3) is 0 Å². The van der Waals surface area contributed by atoms with Gasteiger partial charge in [-0.2, -0.15) is 0 Å². The van der Waals surface area contributed by atoms with Crippen LogP contribution in [0.3, 0.4) is 0 Å². The molecule has 0 fully saturated rings. The van der Waals surface area contributed by atoms with Gasteiger partial charge in [0, 0.05) is 87.3 Å². The zero-order chi connectivity index (χ0) is 0. The Labute approximate surface area is 113 Å². The van der Waals surface area contributed by atoms with Crippen molar-refractivity contribution in [2.75, 3.05) is 0 Å². The minimum Gasteiger partial charge on any atom is -0.0125 e. The van der Waals surface area contributed by atoms with Crippen molar-refractivity contribution in [3.05, 3.63) is 0 Å². The van der Waals surface area contributed by atoms with Gasteiger partial charge in [-0.25, -0.2) is 0 Å². The fourth-order valence-corrected chi connectivity index (χ4v) is 0. The smallest absolute Gasteiger partial charge is 0.0125 e. The number of hydrogen-bond donors (Lipinski definition) is 0. The van der Waals surface area contributed by atoms with Crippen LogP contribution in [0.25, 0.3) is 0 Å². The third kappa shape index (κ3) is 25.5. The van der Waals surface area contributed by atoms with Crippen LogP contribution in [0.5, 0.6) is 0 Å². The molecule has 6 heavy (non-hydrogen) atoms. The summed E-state index contributed by atoms with van der Waals surface area (Å²) in [5.74, 6) is 0. The summed E-state index contributed by atoms with van der Waals surface area (Å²) < 4.78 is 0. The van der Waals surface area contributed by atoms with Crippen LogP contribution in [0.15, 0.2) is 0 Å². The summed E-state index contributed by atoms with van der Waals surface area (Å²) in [5, 5.41) is 0. The molecule has 0 atom stereocenters. The van der Waals surface area contributed by atoms with E-state index in [0.29, 0.717) is 0 Å². The molecule has 0 saturated carbocycles. The van der Waals surface area contributed by atoms with E-state index in [-0.39, 0.29) is 116 Å². The molecule has 32 valence electrons. The predicted octanol–water partition coefficient (Wildman–Crippen LogP) is -2.38. The van der Waals surface area contributed by atoms with Crippen LogP contribution < -0.4 is 0 Å². The quantitative estimate of drug-likeness (QED) is 0.376. The van der Waals surface area contributed by atoms with Crippen LogP contribution in [-0.2, 0) is 87.3 Å². The molecule has 0 heterocycles. The van der Waals surface area contributed by atoms with Crippen molar-refractivity contribution >= 4 is 28.3 Å². The third-order valence-corrected chi connectivity index (χ3v) is 0. The van der Waals surface area contributed by atoms with Gasteiger partial charge in [-0.1, -0.05) is 0 Å². The van der Waals surface area contributed by atoms with Gasteiger partial charge in [0.1, 0.15) is 0 Å². The first kappa shape index (κ1) is 54.7. The molecule has 0 spiro atoms. The van der Waals surface area contributed by atoms with E-state index < -0.39 is 0 Å². The Kier molecular flexibility index (Phi) is 349. The summed E-state index contributed by atoms with van der Waals surface area (Å²) in [5.41, 5.74) is 0. The molecule has 0 rings (SSSR count). The average molecular weight is 432 g/mol. The van der Waals surface area contributed by atoms with Crippen LogP contribution in [0.2, 0.25) is 0 Å². The molecule has 6 heteroatoms. The zero-order valence-electron chi connectivity index (χ0n) is 2.86. The van der Waals surface area contributed by atoms with Crippen LogP contribution in [-0.4, -0.2) is 28.3 Å². The summed E-state index contributed by atoms with van der Waals surface area (Å²) in [6, 6.07) is 0. The van der Waals surface area contributed by atoms with Crippen molar-refractivity contribution in [2.24, 2.45) is 0 Å². The second kappa shape index (κ2) is 38.3. The second-order valence-electron chi connectivity index (χ2n) is 0. The Morgan fingerprint density at radius 3 is 1.00 bits per heavy atom. The Balaban J connectivity index is 0. The van der Waals surface area contributed by atoms with Crippen molar-refractivity contribution in [1.82, 2.24) is 0 Å². The van der Waals surface area contributed by atoms with E-state index in [1.54, 1.807) is 0 Å². The molecule has 0 aliphatic rings. The summed E-state index contributed by atoms with van der Waals surface area (Å²) >= 11 is 0. The molecule has 0 unspecified atom stereocenters. The third-order valence-electron chi connectivity index (χ3n) is 0. The van der Waals surface area contributed by atoms with E-state index in [9.17, 15) is 0 Å². The normalized spacial score (nSPS) is 0. The van der Waals surface area contributed by atoms with Gasteiger partial charge in [0.15, 0.2) is 17.4 Å². The maximum absolute atomic E-state index is 0. The molecule has 0 aliphatic heterocycles. The topological polar surface area (TPSA) is 0 Å². The van der Waals surface area contributed by atoms with E-state index in [1.807, 2.05) is 0 Å². The van der Waals surface area contributed by atoms with Crippen molar-refractivity contribution in [3.8, 4) is 0 Å². The van der Waals surface area contributed by atoms with Crippen LogP contribution in [0.1, 0.15) is 0 Å². The maximum atomic E-state index is 0. The van der Waals surface area contributed by atoms with Gasteiger partial charge >= 0.3 is 0 Å². The molecule has 0 aliphatic carbocycles. The van der Waals surface area contributed by atoms with E-state index in [2.05, 4.69) is 0 Å². The van der Waals surface area contributed by atoms with E-state index in [0.717, 1.165) is 0 Å². The van der Waals surface area contributed by atoms with E-state index >= 15 is 0 Å². The standard InChI is InChI=1S/Al.Cr.Hf.Nb.H3Si.Ti.3H/h;;;;1H3;;;;. The average Bonchev–Trinajstić information content (AvgIpc) is 0. The van der Waals surface area contributed by atoms with Gasteiger partial charge in [-0.3, -0.25) is 0 Å². The Hall–Kier alpha value is 3.61. The molecular formula is H6AlCrHfNbSiTi. The van der Waals surface area contributed by atoms with Crippen molar-refractivity contribution in [2.45, 2.75) is 0 Å². The number of rotatable bonds is 0. The Bertz CT molecular complexity index is 15.5. The fourth-order valence-electron chi connectivity index (χ4n) is 0. The molecular weight excluding hydrogens is 426 g/mol. The summed E-state index contributed by atoms with van der Waals surface area (Å²) in [6.07, 6.45) is 0. The first-order valence-electron chi connectivity index (χ1n) is 0. The zero-order valence-corrected chi connectivity index (χ0v) is 13.5. The van der Waals surface area contributed by atoms with Gasteiger partial charge < -0.3 is 0 Å². The Morgan fingerprint density at radius 2 is 1.00 bits per heavy atom. The van der Waals surface area contributed by atoms with Gasteiger partial charge in [-0.05, 0) is 11.0 Å². The van der Waals surface area contributed by atoms with Crippen LogP contribution in [0, 0.1) is 0 Å². The second-order valence-corrected chi connectivity index (χ2v) is 0. The van der Waals surface area contributed by atoms with E-state index in [4.69, 9.17) is 0 Å². The molecule has 0 aromatic carbocycles. The molecule has 0 amide bonds. The van der Waals surface area contributed by atoms with Crippen LogP contribution in [0.4, 0.5) is 0 Å². The largest absolute Gasteiger partial charge is 0.187 e. The molecule has 0 bridgehead atoms. The minimum atomic E-state index is 0. The summed E-state index contributed by atoms with van der Waals surface area (Å²) in [7, 11) is 0. The fraction of sp³-hybridized carbons (Fsp3) is 0. The first-order chi connectivity index (χ1) is 0. The first-order valence-corrected chi connectivity index (χ1v) is 0. The summed E-state index contributed by atoms with van der Waals surface area (Å²) in [4.78, 5) is 0. The van der Waals surface area contributed by atoms with Crippen molar-refractivity contribution in [3.63, 3.8) is 0 Å². The molecule has 2 radical (unpaired) electrons. The molecule has 0 aromatic heterocycles. The predicted molar refractivity (Wildman–Crippen MR) is 19.9 cm³/mol. The SMILES string of the molecule is [AlH3].[Cr].[Hf].[Nb].[SiH3].[Ti]. The van der Waals surface area contributed by atoms with E-state index in [1.165, 1.54) is 0 Å². The van der Waals surface area contributed by atoms with Crippen LogP contribution >= 0.6 is 0 Å². The minimum absolute atomic E-state index is 0. The molecule has 0 N–H and O–H groups in total. The monoisotopic (exact) mass is 434 g/mol.